The van der Waals surface area contributed by atoms with Gasteiger partial charge in [0.1, 0.15) is 5.82 Å². The molecule has 0 amide bonds. The van der Waals surface area contributed by atoms with E-state index in [1.54, 1.807) is 6.20 Å². The molecule has 196 valence electrons. The van der Waals surface area contributed by atoms with Gasteiger partial charge in [-0.2, -0.15) is 4.98 Å². The van der Waals surface area contributed by atoms with Crippen molar-refractivity contribution in [2.45, 2.75) is 19.1 Å². The number of nitrogen functional groups attached to an aromatic ring is 1. The van der Waals surface area contributed by atoms with Crippen LogP contribution in [-0.4, -0.2) is 104 Å². The van der Waals surface area contributed by atoms with Gasteiger partial charge in [-0.1, -0.05) is 0 Å². The number of aromatic nitrogens is 3. The number of pyridine rings is 1. The van der Waals surface area contributed by atoms with Gasteiger partial charge >= 0.3 is 0 Å². The van der Waals surface area contributed by atoms with Gasteiger partial charge in [0.2, 0.25) is 5.95 Å². The van der Waals surface area contributed by atoms with Crippen molar-refractivity contribution >= 4 is 34.0 Å². The molecule has 0 saturated carbocycles. The van der Waals surface area contributed by atoms with Crippen LogP contribution in [0.25, 0.3) is 10.9 Å². The number of benzene rings is 1. The number of nitrogens with two attached hydrogens (primary N) is 1. The number of hydrogen-bond acceptors (Lipinski definition) is 10. The zero-order valence-electron chi connectivity index (χ0n) is 21.6. The fourth-order valence-corrected chi connectivity index (χ4v) is 5.78. The summed E-state index contributed by atoms with van der Waals surface area (Å²) < 4.78 is 6.40. The summed E-state index contributed by atoms with van der Waals surface area (Å²) in [7, 11) is 0. The molecule has 2 aromatic heterocycles. The second-order valence-electron chi connectivity index (χ2n) is 10.3. The van der Waals surface area contributed by atoms with Crippen LogP contribution >= 0.6 is 0 Å². The van der Waals surface area contributed by atoms with E-state index in [4.69, 9.17) is 15.5 Å². The lowest BCUT2D eigenvalue weighted by atomic mass is 10.1. The van der Waals surface area contributed by atoms with Crippen molar-refractivity contribution in [2.75, 3.05) is 92.4 Å². The second kappa shape index (κ2) is 10.6. The van der Waals surface area contributed by atoms with E-state index in [2.05, 4.69) is 53.9 Å². The van der Waals surface area contributed by atoms with Crippen molar-refractivity contribution in [1.82, 2.24) is 25.2 Å². The lowest BCUT2D eigenvalue weighted by molar-refractivity contribution is -0.0327. The third-order valence-electron chi connectivity index (χ3n) is 7.63. The number of morpholine rings is 1. The minimum absolute atomic E-state index is 0.151. The molecular weight excluding hydrogens is 466 g/mol. The number of piperazine rings is 2. The number of ether oxygens (including phenoxy) is 1. The Morgan fingerprint density at radius 1 is 0.919 bits per heavy atom. The van der Waals surface area contributed by atoms with Crippen LogP contribution in [-0.2, 0) is 4.74 Å². The maximum Gasteiger partial charge on any atom is 0.227 e. The summed E-state index contributed by atoms with van der Waals surface area (Å²) in [6.07, 6.45) is 4.01. The van der Waals surface area contributed by atoms with Crippen molar-refractivity contribution in [3.8, 4) is 0 Å². The molecule has 2 atom stereocenters. The molecule has 1 aromatic carbocycles. The minimum atomic E-state index is 0.151. The van der Waals surface area contributed by atoms with E-state index in [-0.39, 0.29) is 12.2 Å². The Balaban J connectivity index is 1.08. The van der Waals surface area contributed by atoms with E-state index in [1.165, 1.54) is 5.69 Å². The van der Waals surface area contributed by atoms with Crippen LogP contribution in [0.4, 0.5) is 23.1 Å². The largest absolute Gasteiger partial charge is 0.397 e. The quantitative estimate of drug-likeness (QED) is 0.498. The molecule has 3 N–H and O–H groups in total. The van der Waals surface area contributed by atoms with Crippen molar-refractivity contribution < 1.29 is 4.74 Å². The molecule has 10 nitrogen and oxygen atoms in total. The number of hydrogen-bond donors (Lipinski definition) is 2. The summed E-state index contributed by atoms with van der Waals surface area (Å²) >= 11 is 0. The van der Waals surface area contributed by atoms with Gasteiger partial charge in [-0.05, 0) is 37.3 Å². The summed E-state index contributed by atoms with van der Waals surface area (Å²) in [4.78, 5) is 23.6. The molecular formula is C27H37N9O. The highest BCUT2D eigenvalue weighted by Crippen LogP contribution is 2.31. The molecule has 0 aliphatic carbocycles. The average molecular weight is 504 g/mol. The predicted octanol–water partition coefficient (Wildman–Crippen LogP) is 1.43. The SMILES string of the molecule is C[C@@H]1CN(c2ccc(N)c3ncccc23)C[C@H](CN2CCN(c3ccnc(N4CCNCC4)n3)CC2)O1. The molecule has 3 fully saturated rings. The molecule has 5 heterocycles. The van der Waals surface area contributed by atoms with E-state index in [0.29, 0.717) is 0 Å². The summed E-state index contributed by atoms with van der Waals surface area (Å²) in [6, 6.07) is 10.2. The molecule has 0 spiro atoms. The predicted molar refractivity (Wildman–Crippen MR) is 148 cm³/mol. The fourth-order valence-electron chi connectivity index (χ4n) is 5.78. The van der Waals surface area contributed by atoms with Crippen molar-refractivity contribution in [3.63, 3.8) is 0 Å². The Kier molecular flexibility index (Phi) is 6.95. The number of nitrogens with one attached hydrogen (secondary N) is 1. The number of nitrogens with zero attached hydrogens (tertiary/aromatic N) is 7. The van der Waals surface area contributed by atoms with Gasteiger partial charge in [0.05, 0.1) is 23.4 Å². The first-order chi connectivity index (χ1) is 18.1. The summed E-state index contributed by atoms with van der Waals surface area (Å²) in [5.41, 5.74) is 8.98. The number of fused-ring (bicyclic) bond motifs is 1. The third kappa shape index (κ3) is 5.27. The summed E-state index contributed by atoms with van der Waals surface area (Å²) in [5.74, 6) is 1.87. The monoisotopic (exact) mass is 503 g/mol. The third-order valence-corrected chi connectivity index (χ3v) is 7.63. The molecule has 0 bridgehead atoms. The molecule has 0 radical (unpaired) electrons. The van der Waals surface area contributed by atoms with Crippen LogP contribution in [0, 0.1) is 0 Å². The summed E-state index contributed by atoms with van der Waals surface area (Å²) in [6.45, 7) is 12.6. The van der Waals surface area contributed by atoms with Gasteiger partial charge < -0.3 is 30.5 Å². The van der Waals surface area contributed by atoms with Gasteiger partial charge in [-0.3, -0.25) is 9.88 Å². The Morgan fingerprint density at radius 2 is 1.76 bits per heavy atom. The molecule has 3 aromatic rings. The van der Waals surface area contributed by atoms with E-state index >= 15 is 0 Å². The molecule has 3 aliphatic rings. The molecule has 10 heteroatoms. The minimum Gasteiger partial charge on any atom is -0.397 e. The van der Waals surface area contributed by atoms with Crippen molar-refractivity contribution in [3.05, 3.63) is 42.7 Å². The Hall–Kier alpha value is -3.21. The maximum atomic E-state index is 6.40. The van der Waals surface area contributed by atoms with Crippen LogP contribution in [0.3, 0.4) is 0 Å². The van der Waals surface area contributed by atoms with E-state index in [0.717, 1.165) is 100 Å². The van der Waals surface area contributed by atoms with Gasteiger partial charge in [0.15, 0.2) is 0 Å². The normalized spacial score (nSPS) is 23.5. The van der Waals surface area contributed by atoms with Crippen molar-refractivity contribution in [1.29, 1.82) is 0 Å². The molecule has 6 rings (SSSR count). The Bertz CT molecular complexity index is 1210. The highest BCUT2D eigenvalue weighted by Gasteiger charge is 2.29. The molecule has 0 unspecified atom stereocenters. The summed E-state index contributed by atoms with van der Waals surface area (Å²) in [5, 5.41) is 4.50. The Morgan fingerprint density at radius 3 is 2.59 bits per heavy atom. The molecule has 37 heavy (non-hydrogen) atoms. The first kappa shape index (κ1) is 24.1. The van der Waals surface area contributed by atoms with E-state index in [9.17, 15) is 0 Å². The van der Waals surface area contributed by atoms with Gasteiger partial charge in [-0.15, -0.1) is 0 Å². The lowest BCUT2D eigenvalue weighted by Crippen LogP contribution is -2.54. The maximum absolute atomic E-state index is 6.40. The topological polar surface area (TPSA) is 98.9 Å². The Labute approximate surface area is 218 Å². The van der Waals surface area contributed by atoms with Gasteiger partial charge in [0.25, 0.3) is 0 Å². The zero-order valence-corrected chi connectivity index (χ0v) is 21.6. The van der Waals surface area contributed by atoms with Crippen LogP contribution in [0.2, 0.25) is 0 Å². The first-order valence-corrected chi connectivity index (χ1v) is 13.4. The van der Waals surface area contributed by atoms with Gasteiger partial charge in [-0.25, -0.2) is 4.98 Å². The number of anilines is 4. The van der Waals surface area contributed by atoms with E-state index < -0.39 is 0 Å². The molecule has 3 saturated heterocycles. The van der Waals surface area contributed by atoms with Crippen LogP contribution in [0.1, 0.15) is 6.92 Å². The highest BCUT2D eigenvalue weighted by molar-refractivity contribution is 5.98. The van der Waals surface area contributed by atoms with Crippen LogP contribution in [0.5, 0.6) is 0 Å². The lowest BCUT2D eigenvalue weighted by Gasteiger charge is -2.42. The second-order valence-corrected chi connectivity index (χ2v) is 10.3. The average Bonchev–Trinajstić information content (AvgIpc) is 2.94. The van der Waals surface area contributed by atoms with Crippen LogP contribution < -0.4 is 25.8 Å². The fraction of sp³-hybridized carbons (Fsp3) is 0.519. The van der Waals surface area contributed by atoms with Gasteiger partial charge in [0, 0.05) is 95.5 Å². The van der Waals surface area contributed by atoms with E-state index in [1.807, 2.05) is 24.4 Å². The first-order valence-electron chi connectivity index (χ1n) is 13.4. The van der Waals surface area contributed by atoms with Crippen LogP contribution in [0.15, 0.2) is 42.7 Å². The molecule has 3 aliphatic heterocycles. The highest BCUT2D eigenvalue weighted by atomic mass is 16.5. The zero-order chi connectivity index (χ0) is 25.2. The standard InChI is InChI=1S/C27H37N9O/c1-20-17-36(24-5-4-23(28)26-22(24)3-2-7-30-26)19-21(37-20)18-33-13-15-34(16-14-33)25-6-8-31-27(32-25)35-11-9-29-10-12-35/h2-8,20-21,29H,9-19,28H2,1H3/t20-,21+/m1/s1. The number of rotatable bonds is 5. The van der Waals surface area contributed by atoms with Crippen molar-refractivity contribution in [2.24, 2.45) is 0 Å². The smallest absolute Gasteiger partial charge is 0.227 e.